The molecule has 0 saturated carbocycles. The summed E-state index contributed by atoms with van der Waals surface area (Å²) in [4.78, 5) is 0. The van der Waals surface area contributed by atoms with E-state index in [2.05, 4.69) is 11.2 Å². The molecule has 0 aliphatic rings. The predicted molar refractivity (Wildman–Crippen MR) is 16.3 cm³/mol. The second-order valence-electron chi connectivity index (χ2n) is 0.204. The third kappa shape index (κ3) is 38.0. The van der Waals surface area contributed by atoms with E-state index in [0.717, 1.165) is 0 Å². The maximum atomic E-state index is 8.81. The van der Waals surface area contributed by atoms with Crippen molar-refractivity contribution in [2.24, 2.45) is 0 Å². The van der Waals surface area contributed by atoms with Gasteiger partial charge in [0.1, 0.15) is 0 Å². The van der Waals surface area contributed by atoms with E-state index in [4.69, 9.17) is 9.11 Å². The Morgan fingerprint density at radius 2 is 1.17 bits per heavy atom. The van der Waals surface area contributed by atoms with E-state index >= 15 is 0 Å². The SMILES string of the molecule is [Au+].[Au+].[O-]S([O-])=S. The Morgan fingerprint density at radius 3 is 1.17 bits per heavy atom. The molecule has 6 heavy (non-hydrogen) atoms. The molecule has 0 aromatic heterocycles. The Bertz CT molecular complexity index is 32.5. The fourth-order valence-corrected chi connectivity index (χ4v) is 0. The molecule has 0 spiro atoms. The third-order valence-corrected chi connectivity index (χ3v) is 0. The van der Waals surface area contributed by atoms with Crippen LogP contribution in [0.1, 0.15) is 0 Å². The average molecular weight is 490 g/mol. The van der Waals surface area contributed by atoms with Crippen molar-refractivity contribution in [3.8, 4) is 0 Å². The van der Waals surface area contributed by atoms with E-state index in [1.54, 1.807) is 0 Å². The summed E-state index contributed by atoms with van der Waals surface area (Å²) < 4.78 is 17.6. The Kier molecular flexibility index (Phi) is 26.3. The van der Waals surface area contributed by atoms with E-state index in [1.165, 1.54) is 0 Å². The van der Waals surface area contributed by atoms with Gasteiger partial charge in [0.25, 0.3) is 0 Å². The molecule has 0 radical (unpaired) electrons. The van der Waals surface area contributed by atoms with Crippen LogP contribution in [0.3, 0.4) is 0 Å². The summed E-state index contributed by atoms with van der Waals surface area (Å²) in [5.41, 5.74) is 0. The van der Waals surface area contributed by atoms with Crippen LogP contribution in [-0.4, -0.2) is 9.11 Å². The zero-order valence-electron chi connectivity index (χ0n) is 2.24. The Morgan fingerprint density at radius 1 is 1.17 bits per heavy atom. The summed E-state index contributed by atoms with van der Waals surface area (Å²) in [7, 11) is -2.28. The van der Waals surface area contributed by atoms with Crippen LogP contribution in [0.5, 0.6) is 0 Å². The standard InChI is InChI=1S/2Au.H2O2S2/c;;1-4(2)3/h;;(H2,1,2,3)/q2*+1;/p-2. The average Bonchev–Trinajstić information content (AvgIpc) is 0.811. The number of hydrogen-bond donors (Lipinski definition) is 0. The first kappa shape index (κ1) is 15.7. The minimum atomic E-state index is -2.28. The first-order chi connectivity index (χ1) is 1.73. The predicted octanol–water partition coefficient (Wildman–Crippen LogP) is -0.678. The monoisotopic (exact) mass is 490 g/mol. The molecular weight excluding hydrogens is 490 g/mol. The largest absolute Gasteiger partial charge is 1.00 e. The summed E-state index contributed by atoms with van der Waals surface area (Å²) in [6.45, 7) is 0. The van der Waals surface area contributed by atoms with Gasteiger partial charge in [0.05, 0.1) is 0 Å². The molecule has 0 unspecified atom stereocenters. The normalized spacial score (nSPS) is 5.83. The Balaban J connectivity index is -0.0000000450. The summed E-state index contributed by atoms with van der Waals surface area (Å²) in [6.07, 6.45) is 0. The molecule has 0 amide bonds. The van der Waals surface area contributed by atoms with Gasteiger partial charge < -0.3 is 19.1 Å². The molecule has 0 aromatic carbocycles. The van der Waals surface area contributed by atoms with Crippen molar-refractivity contribution in [2.45, 2.75) is 0 Å². The van der Waals surface area contributed by atoms with Crippen LogP contribution in [-0.2, 0) is 66.0 Å². The van der Waals surface area contributed by atoms with Gasteiger partial charge in [-0.3, -0.25) is 0 Å². The van der Waals surface area contributed by atoms with Gasteiger partial charge in [-0.2, -0.15) is 0 Å². The van der Waals surface area contributed by atoms with E-state index in [0.29, 0.717) is 0 Å². The van der Waals surface area contributed by atoms with E-state index in [9.17, 15) is 0 Å². The van der Waals surface area contributed by atoms with Gasteiger partial charge in [0, 0.05) is 0 Å². The van der Waals surface area contributed by atoms with Crippen LogP contribution in [0, 0.1) is 0 Å². The summed E-state index contributed by atoms with van der Waals surface area (Å²) >= 11 is 3.54. The van der Waals surface area contributed by atoms with Crippen molar-refractivity contribution in [1.29, 1.82) is 0 Å². The van der Waals surface area contributed by atoms with Gasteiger partial charge in [-0.05, 0) is 0 Å². The molecule has 0 aliphatic carbocycles. The molecule has 0 saturated heterocycles. The van der Waals surface area contributed by atoms with Gasteiger partial charge in [-0.25, -0.2) is 0 Å². The van der Waals surface area contributed by atoms with E-state index in [1.807, 2.05) is 0 Å². The van der Waals surface area contributed by atoms with Crippen molar-refractivity contribution in [2.75, 3.05) is 0 Å². The second-order valence-corrected chi connectivity index (χ2v) is 1.43. The van der Waals surface area contributed by atoms with Crippen LogP contribution >= 0.6 is 0 Å². The van der Waals surface area contributed by atoms with Crippen LogP contribution < -0.4 is 0 Å². The van der Waals surface area contributed by atoms with Crippen molar-refractivity contribution in [1.82, 2.24) is 0 Å². The first-order valence-corrected chi connectivity index (χ1v) is 2.50. The van der Waals surface area contributed by atoms with E-state index < -0.39 is 10.0 Å². The van der Waals surface area contributed by atoms with Gasteiger partial charge >= 0.3 is 44.8 Å². The van der Waals surface area contributed by atoms with Crippen LogP contribution in [0.2, 0.25) is 0 Å². The van der Waals surface area contributed by atoms with E-state index in [-0.39, 0.29) is 44.8 Å². The molecule has 0 rings (SSSR count). The Hall–Kier alpha value is 1.97. The topological polar surface area (TPSA) is 46.1 Å². The number of rotatable bonds is 0. The van der Waals surface area contributed by atoms with Gasteiger partial charge in [0.2, 0.25) is 0 Å². The number of hydrogen-bond acceptors (Lipinski definition) is 3. The molecule has 2 nitrogen and oxygen atoms in total. The molecular formula is Au2O2S2. The second kappa shape index (κ2) is 10.1. The van der Waals surface area contributed by atoms with Crippen LogP contribution in [0.15, 0.2) is 0 Å². The maximum absolute atomic E-state index is 8.81. The zero-order valence-corrected chi connectivity index (χ0v) is 8.20. The van der Waals surface area contributed by atoms with Crippen molar-refractivity contribution < 1.29 is 53.9 Å². The van der Waals surface area contributed by atoms with Crippen LogP contribution in [0.4, 0.5) is 0 Å². The van der Waals surface area contributed by atoms with Gasteiger partial charge in [-0.15, -0.1) is 0 Å². The molecule has 0 bridgehead atoms. The smallest absolute Gasteiger partial charge is 0.806 e. The molecule has 0 atom stereocenters. The minimum Gasteiger partial charge on any atom is -0.806 e. The Labute approximate surface area is 74.3 Å². The van der Waals surface area contributed by atoms with Crippen LogP contribution in [0.25, 0.3) is 0 Å². The fourth-order valence-electron chi connectivity index (χ4n) is 0. The molecule has 0 N–H and O–H groups in total. The van der Waals surface area contributed by atoms with Gasteiger partial charge in [-0.1, -0.05) is 11.2 Å². The third-order valence-electron chi connectivity index (χ3n) is 0. The summed E-state index contributed by atoms with van der Waals surface area (Å²) in [5, 5.41) is 0. The van der Waals surface area contributed by atoms with Crippen molar-refractivity contribution in [3.05, 3.63) is 0 Å². The summed E-state index contributed by atoms with van der Waals surface area (Å²) in [5.74, 6) is 0. The summed E-state index contributed by atoms with van der Waals surface area (Å²) in [6, 6.07) is 0. The maximum Gasteiger partial charge on any atom is 1.00 e. The molecule has 0 heterocycles. The minimum absolute atomic E-state index is 0. The quantitative estimate of drug-likeness (QED) is 0.424. The molecule has 46 valence electrons. The van der Waals surface area contributed by atoms with Crippen molar-refractivity contribution >= 4 is 21.2 Å². The molecule has 0 fully saturated rings. The molecule has 0 aromatic rings. The molecule has 6 heteroatoms. The fraction of sp³-hybridized carbons (Fsp3) is 0. The van der Waals surface area contributed by atoms with Gasteiger partial charge in [0.15, 0.2) is 0 Å². The zero-order chi connectivity index (χ0) is 3.58. The first-order valence-electron chi connectivity index (χ1n) is 0.500. The van der Waals surface area contributed by atoms with Crippen molar-refractivity contribution in [3.63, 3.8) is 0 Å². The molecule has 0 aliphatic heterocycles.